The summed E-state index contributed by atoms with van der Waals surface area (Å²) in [5.41, 5.74) is 5.66. The third-order valence-electron chi connectivity index (χ3n) is 1.97. The zero-order chi connectivity index (χ0) is 13.8. The summed E-state index contributed by atoms with van der Waals surface area (Å²) >= 11 is 4.69. The largest absolute Gasteiger partial charge is 0.368 e. The molecule has 2 heterocycles. The van der Waals surface area contributed by atoms with E-state index in [1.165, 1.54) is 0 Å². The molecular formula is C9H13N7S3. The van der Waals surface area contributed by atoms with Crippen molar-refractivity contribution in [1.82, 2.24) is 25.1 Å². The van der Waals surface area contributed by atoms with Gasteiger partial charge in [0.05, 0.1) is 5.75 Å². The van der Waals surface area contributed by atoms with Crippen molar-refractivity contribution in [2.75, 3.05) is 31.0 Å². The van der Waals surface area contributed by atoms with Crippen molar-refractivity contribution >= 4 is 46.8 Å². The molecule has 0 aliphatic rings. The van der Waals surface area contributed by atoms with Crippen molar-refractivity contribution < 1.29 is 0 Å². The lowest BCUT2D eigenvalue weighted by molar-refractivity contribution is 0.916. The summed E-state index contributed by atoms with van der Waals surface area (Å²) in [6.07, 6.45) is 1.98. The fourth-order valence-electron chi connectivity index (χ4n) is 1.15. The van der Waals surface area contributed by atoms with Gasteiger partial charge in [-0.05, 0) is 6.26 Å². The molecule has 2 N–H and O–H groups in total. The fraction of sp³-hybridized carbons (Fsp3) is 0.444. The van der Waals surface area contributed by atoms with Crippen LogP contribution in [0.25, 0.3) is 0 Å². The van der Waals surface area contributed by atoms with Crippen molar-refractivity contribution in [1.29, 1.82) is 0 Å². The number of thioether (sulfide) groups is 2. The highest BCUT2D eigenvalue weighted by Gasteiger charge is 2.09. The number of hydrogen-bond acceptors (Lipinski definition) is 10. The van der Waals surface area contributed by atoms with Gasteiger partial charge in [0.2, 0.25) is 11.9 Å². The van der Waals surface area contributed by atoms with Crippen molar-refractivity contribution in [3.8, 4) is 0 Å². The molecule has 0 saturated carbocycles. The molecule has 0 aliphatic heterocycles. The second kappa shape index (κ2) is 6.35. The van der Waals surface area contributed by atoms with E-state index >= 15 is 0 Å². The average Bonchev–Trinajstić information content (AvgIpc) is 2.83. The molecule has 0 aliphatic carbocycles. The van der Waals surface area contributed by atoms with Crippen molar-refractivity contribution in [2.45, 2.75) is 14.4 Å². The molecule has 0 saturated heterocycles. The summed E-state index contributed by atoms with van der Waals surface area (Å²) in [7, 11) is 3.72. The molecule has 19 heavy (non-hydrogen) atoms. The fourth-order valence-corrected chi connectivity index (χ4v) is 3.45. The number of nitrogens with zero attached hydrogens (tertiary/aromatic N) is 6. The predicted molar refractivity (Wildman–Crippen MR) is 79.8 cm³/mol. The third kappa shape index (κ3) is 3.91. The summed E-state index contributed by atoms with van der Waals surface area (Å²) in [6, 6.07) is 0. The Bertz CT molecular complexity index is 556. The normalized spacial score (nSPS) is 10.7. The second-order valence-electron chi connectivity index (χ2n) is 3.63. The summed E-state index contributed by atoms with van der Waals surface area (Å²) in [6.45, 7) is 0. The Morgan fingerprint density at radius 3 is 2.53 bits per heavy atom. The lowest BCUT2D eigenvalue weighted by atomic mass is 10.6. The highest BCUT2D eigenvalue weighted by Crippen LogP contribution is 2.29. The molecule has 0 spiro atoms. The topological polar surface area (TPSA) is 93.7 Å². The summed E-state index contributed by atoms with van der Waals surface area (Å²) in [5, 5.41) is 8.11. The minimum atomic E-state index is 0.233. The Morgan fingerprint density at radius 2 is 1.89 bits per heavy atom. The maximum atomic E-state index is 5.66. The van der Waals surface area contributed by atoms with Gasteiger partial charge >= 0.3 is 0 Å². The maximum Gasteiger partial charge on any atom is 0.229 e. The van der Waals surface area contributed by atoms with E-state index in [0.717, 1.165) is 8.68 Å². The molecule has 0 amide bonds. The van der Waals surface area contributed by atoms with Crippen LogP contribution in [-0.4, -0.2) is 45.5 Å². The van der Waals surface area contributed by atoms with Crippen LogP contribution in [0.15, 0.2) is 8.68 Å². The van der Waals surface area contributed by atoms with E-state index in [0.29, 0.717) is 17.5 Å². The average molecular weight is 315 g/mol. The van der Waals surface area contributed by atoms with E-state index < -0.39 is 0 Å². The van der Waals surface area contributed by atoms with Crippen molar-refractivity contribution in [3.05, 3.63) is 5.82 Å². The van der Waals surface area contributed by atoms with E-state index in [1.807, 2.05) is 20.4 Å². The Hall–Kier alpha value is -1.13. The standard InChI is InChI=1S/C9H13N7S3/c1-16(2)7-12-5(11-6(10)13-7)4-18-9-15-14-8(17-3)19-9/h4H2,1-3H3,(H2,10,11,12,13). The van der Waals surface area contributed by atoms with Crippen molar-refractivity contribution in [2.24, 2.45) is 0 Å². The molecule has 0 fully saturated rings. The molecule has 7 nitrogen and oxygen atoms in total. The van der Waals surface area contributed by atoms with Crippen LogP contribution in [0.2, 0.25) is 0 Å². The first-order valence-corrected chi connectivity index (χ1v) is 8.29. The first-order chi connectivity index (χ1) is 9.08. The minimum absolute atomic E-state index is 0.233. The van der Waals surface area contributed by atoms with Crippen LogP contribution >= 0.6 is 34.9 Å². The van der Waals surface area contributed by atoms with Gasteiger partial charge in [0, 0.05) is 14.1 Å². The first-order valence-electron chi connectivity index (χ1n) is 5.26. The molecule has 2 rings (SSSR count). The smallest absolute Gasteiger partial charge is 0.229 e. The molecule has 102 valence electrons. The Morgan fingerprint density at radius 1 is 1.16 bits per heavy atom. The van der Waals surface area contributed by atoms with E-state index in [9.17, 15) is 0 Å². The van der Waals surface area contributed by atoms with Crippen LogP contribution in [0.1, 0.15) is 5.82 Å². The van der Waals surface area contributed by atoms with E-state index in [2.05, 4.69) is 25.1 Å². The Balaban J connectivity index is 2.06. The zero-order valence-corrected chi connectivity index (χ0v) is 13.1. The van der Waals surface area contributed by atoms with Gasteiger partial charge in [-0.2, -0.15) is 15.0 Å². The highest BCUT2D eigenvalue weighted by molar-refractivity contribution is 8.02. The molecule has 0 aromatic carbocycles. The zero-order valence-electron chi connectivity index (χ0n) is 10.7. The van der Waals surface area contributed by atoms with Crippen LogP contribution in [-0.2, 0) is 5.75 Å². The molecule has 0 radical (unpaired) electrons. The van der Waals surface area contributed by atoms with Crippen molar-refractivity contribution in [3.63, 3.8) is 0 Å². The first kappa shape index (κ1) is 14.3. The molecule has 2 aromatic rings. The monoisotopic (exact) mass is 315 g/mol. The SMILES string of the molecule is CSc1nnc(SCc2nc(N)nc(N(C)C)n2)s1. The van der Waals surface area contributed by atoms with Gasteiger partial charge in [0.25, 0.3) is 0 Å². The quantitative estimate of drug-likeness (QED) is 0.821. The number of aromatic nitrogens is 5. The molecule has 0 unspecified atom stereocenters. The Kier molecular flexibility index (Phi) is 4.77. The molecular weight excluding hydrogens is 302 g/mol. The van der Waals surface area contributed by atoms with Gasteiger partial charge in [-0.25, -0.2) is 0 Å². The second-order valence-corrected chi connectivity index (χ2v) is 6.88. The Labute approximate surface area is 123 Å². The van der Waals surface area contributed by atoms with Gasteiger partial charge in [0.15, 0.2) is 8.68 Å². The molecule has 10 heteroatoms. The van der Waals surface area contributed by atoms with Crippen LogP contribution in [0.3, 0.4) is 0 Å². The van der Waals surface area contributed by atoms with Crippen LogP contribution in [0.4, 0.5) is 11.9 Å². The lowest BCUT2D eigenvalue weighted by Crippen LogP contribution is -2.15. The summed E-state index contributed by atoms with van der Waals surface area (Å²) < 4.78 is 1.85. The number of anilines is 2. The van der Waals surface area contributed by atoms with Crippen LogP contribution in [0, 0.1) is 0 Å². The van der Waals surface area contributed by atoms with Crippen LogP contribution in [0.5, 0.6) is 0 Å². The third-order valence-corrected chi connectivity index (χ3v) is 5.00. The maximum absolute atomic E-state index is 5.66. The van der Waals surface area contributed by atoms with Gasteiger partial charge in [-0.1, -0.05) is 34.9 Å². The minimum Gasteiger partial charge on any atom is -0.368 e. The van der Waals surface area contributed by atoms with Crippen LogP contribution < -0.4 is 10.6 Å². The number of nitrogens with two attached hydrogens (primary N) is 1. The number of rotatable bonds is 5. The summed E-state index contributed by atoms with van der Waals surface area (Å²) in [5.74, 6) is 2.03. The van der Waals surface area contributed by atoms with E-state index in [4.69, 9.17) is 5.73 Å². The highest BCUT2D eigenvalue weighted by atomic mass is 32.2. The summed E-state index contributed by atoms with van der Waals surface area (Å²) in [4.78, 5) is 14.3. The van der Waals surface area contributed by atoms with Gasteiger partial charge in [-0.15, -0.1) is 10.2 Å². The predicted octanol–water partition coefficient (Wildman–Crippen LogP) is 1.39. The van der Waals surface area contributed by atoms with E-state index in [-0.39, 0.29) is 5.95 Å². The van der Waals surface area contributed by atoms with E-state index in [1.54, 1.807) is 39.8 Å². The van der Waals surface area contributed by atoms with Gasteiger partial charge < -0.3 is 10.6 Å². The molecule has 0 bridgehead atoms. The molecule has 2 aromatic heterocycles. The van der Waals surface area contributed by atoms with Gasteiger partial charge in [0.1, 0.15) is 5.82 Å². The lowest BCUT2D eigenvalue weighted by Gasteiger charge is -2.10. The molecule has 0 atom stereocenters. The van der Waals surface area contributed by atoms with Gasteiger partial charge in [-0.3, -0.25) is 0 Å². The number of nitrogen functional groups attached to an aromatic ring is 1. The number of hydrogen-bond donors (Lipinski definition) is 1.